The number of amides is 1. The maximum absolute atomic E-state index is 12.8. The number of hydrogen-bond donors (Lipinski definition) is 0. The molecule has 3 aromatic rings. The van der Waals surface area contributed by atoms with E-state index in [2.05, 4.69) is 24.3 Å². The van der Waals surface area contributed by atoms with E-state index in [0.717, 1.165) is 36.2 Å². The van der Waals surface area contributed by atoms with Crippen molar-refractivity contribution in [3.63, 3.8) is 0 Å². The van der Waals surface area contributed by atoms with E-state index < -0.39 is 0 Å². The quantitative estimate of drug-likeness (QED) is 0.680. The van der Waals surface area contributed by atoms with Crippen LogP contribution >= 0.6 is 11.3 Å². The predicted octanol–water partition coefficient (Wildman–Crippen LogP) is 4.72. The number of likely N-dealkylation sites (tertiary alicyclic amines) is 1. The second-order valence-corrected chi connectivity index (χ2v) is 7.52. The fourth-order valence-corrected chi connectivity index (χ4v) is 4.29. The number of rotatable bonds is 4. The van der Waals surface area contributed by atoms with Crippen LogP contribution in [0.4, 0.5) is 0 Å². The predicted molar refractivity (Wildman–Crippen MR) is 102 cm³/mol. The fourth-order valence-electron chi connectivity index (χ4n) is 3.26. The molecule has 128 valence electrons. The molecule has 1 fully saturated rings. The molecule has 1 aliphatic rings. The summed E-state index contributed by atoms with van der Waals surface area (Å²) >= 11 is 1.58. The third-order valence-electron chi connectivity index (χ3n) is 4.69. The van der Waals surface area contributed by atoms with Gasteiger partial charge in [-0.15, -0.1) is 11.3 Å². The molecule has 3 nitrogen and oxygen atoms in total. The number of thiophene rings is 1. The molecule has 0 N–H and O–H groups in total. The van der Waals surface area contributed by atoms with E-state index in [0.29, 0.717) is 6.61 Å². The number of hydrogen-bond acceptors (Lipinski definition) is 3. The van der Waals surface area contributed by atoms with Crippen molar-refractivity contribution in [2.24, 2.45) is 0 Å². The molecule has 0 unspecified atom stereocenters. The van der Waals surface area contributed by atoms with Gasteiger partial charge in [-0.1, -0.05) is 48.5 Å². The van der Waals surface area contributed by atoms with Gasteiger partial charge < -0.3 is 9.64 Å². The molecule has 25 heavy (non-hydrogen) atoms. The lowest BCUT2D eigenvalue weighted by atomic mass is 10.1. The van der Waals surface area contributed by atoms with Crippen molar-refractivity contribution >= 4 is 27.3 Å². The normalized spacial score (nSPS) is 15.6. The number of nitrogens with zero attached hydrogens (tertiary/aromatic N) is 1. The van der Waals surface area contributed by atoms with Gasteiger partial charge in [-0.05, 0) is 35.9 Å². The number of ether oxygens (including phenoxy) is 1. The Hall–Kier alpha value is -2.17. The number of carbonyl (C=O) groups excluding carboxylic acids is 1. The van der Waals surface area contributed by atoms with Gasteiger partial charge in [-0.25, -0.2) is 0 Å². The SMILES string of the molecule is O=C(c1cc2ccccc2s1)N1CCC(OCc2ccccc2)CC1. The fraction of sp³-hybridized carbons (Fsp3) is 0.286. The lowest BCUT2D eigenvalue weighted by Crippen LogP contribution is -2.40. The molecule has 1 amide bonds. The van der Waals surface area contributed by atoms with Crippen LogP contribution in [0.15, 0.2) is 60.7 Å². The third kappa shape index (κ3) is 3.75. The molecule has 0 saturated carbocycles. The Labute approximate surface area is 151 Å². The molecule has 1 aliphatic heterocycles. The van der Waals surface area contributed by atoms with E-state index >= 15 is 0 Å². The number of benzene rings is 2. The van der Waals surface area contributed by atoms with Crippen molar-refractivity contribution in [1.82, 2.24) is 4.90 Å². The number of fused-ring (bicyclic) bond motifs is 1. The lowest BCUT2D eigenvalue weighted by Gasteiger charge is -2.31. The molecule has 0 bridgehead atoms. The standard InChI is InChI=1S/C21H21NO2S/c23-21(20-14-17-8-4-5-9-19(17)25-20)22-12-10-18(11-13-22)24-15-16-6-2-1-3-7-16/h1-9,14,18H,10-13,15H2. The molecule has 4 rings (SSSR count). The third-order valence-corrected chi connectivity index (χ3v) is 5.80. The number of piperidine rings is 1. The van der Waals surface area contributed by atoms with Crippen molar-refractivity contribution in [3.05, 3.63) is 71.1 Å². The zero-order chi connectivity index (χ0) is 17.1. The van der Waals surface area contributed by atoms with Crippen LogP contribution in [0.1, 0.15) is 28.1 Å². The van der Waals surface area contributed by atoms with E-state index in [4.69, 9.17) is 4.74 Å². The summed E-state index contributed by atoms with van der Waals surface area (Å²) in [4.78, 5) is 15.6. The Morgan fingerprint density at radius 1 is 1.04 bits per heavy atom. The van der Waals surface area contributed by atoms with Crippen molar-refractivity contribution in [1.29, 1.82) is 0 Å². The summed E-state index contributed by atoms with van der Waals surface area (Å²) in [5, 5.41) is 1.15. The Morgan fingerprint density at radius 3 is 2.52 bits per heavy atom. The first kappa shape index (κ1) is 16.3. The summed E-state index contributed by atoms with van der Waals surface area (Å²) in [5.41, 5.74) is 1.20. The van der Waals surface area contributed by atoms with Gasteiger partial charge in [0, 0.05) is 17.8 Å². The molecular weight excluding hydrogens is 330 g/mol. The van der Waals surface area contributed by atoms with Gasteiger partial charge in [0.1, 0.15) is 0 Å². The maximum Gasteiger partial charge on any atom is 0.263 e. The topological polar surface area (TPSA) is 29.5 Å². The zero-order valence-corrected chi connectivity index (χ0v) is 14.9. The van der Waals surface area contributed by atoms with E-state index in [1.165, 1.54) is 10.3 Å². The Kier molecular flexibility index (Phi) is 4.81. The van der Waals surface area contributed by atoms with Crippen LogP contribution in [0.3, 0.4) is 0 Å². The molecule has 2 heterocycles. The van der Waals surface area contributed by atoms with Crippen LogP contribution in [-0.2, 0) is 11.3 Å². The second-order valence-electron chi connectivity index (χ2n) is 6.44. The van der Waals surface area contributed by atoms with Crippen molar-refractivity contribution < 1.29 is 9.53 Å². The minimum Gasteiger partial charge on any atom is -0.373 e. The van der Waals surface area contributed by atoms with Crippen LogP contribution in [0.5, 0.6) is 0 Å². The van der Waals surface area contributed by atoms with Crippen LogP contribution in [-0.4, -0.2) is 30.0 Å². The van der Waals surface area contributed by atoms with E-state index in [9.17, 15) is 4.79 Å². The molecule has 0 spiro atoms. The average molecular weight is 351 g/mol. The molecule has 0 radical (unpaired) electrons. The van der Waals surface area contributed by atoms with Gasteiger partial charge in [0.15, 0.2) is 0 Å². The second kappa shape index (κ2) is 7.38. The van der Waals surface area contributed by atoms with Crippen LogP contribution in [0, 0.1) is 0 Å². The highest BCUT2D eigenvalue weighted by Gasteiger charge is 2.25. The Bertz CT molecular complexity index is 817. The minimum absolute atomic E-state index is 0.155. The zero-order valence-electron chi connectivity index (χ0n) is 14.1. The summed E-state index contributed by atoms with van der Waals surface area (Å²) in [6.45, 7) is 2.19. The first-order valence-corrected chi connectivity index (χ1v) is 9.54. The van der Waals surface area contributed by atoms with Gasteiger partial charge in [0.05, 0.1) is 17.6 Å². The number of carbonyl (C=O) groups is 1. The summed E-state index contributed by atoms with van der Waals surface area (Å²) in [7, 11) is 0. The van der Waals surface area contributed by atoms with Gasteiger partial charge in [0.25, 0.3) is 5.91 Å². The van der Waals surface area contributed by atoms with Crippen LogP contribution < -0.4 is 0 Å². The van der Waals surface area contributed by atoms with Gasteiger partial charge in [0.2, 0.25) is 0 Å². The smallest absolute Gasteiger partial charge is 0.263 e. The van der Waals surface area contributed by atoms with E-state index in [1.54, 1.807) is 11.3 Å². The molecule has 4 heteroatoms. The highest BCUT2D eigenvalue weighted by atomic mass is 32.1. The van der Waals surface area contributed by atoms with Crippen molar-refractivity contribution in [2.75, 3.05) is 13.1 Å². The molecule has 2 aromatic carbocycles. The first-order chi connectivity index (χ1) is 12.3. The summed E-state index contributed by atoms with van der Waals surface area (Å²) in [6.07, 6.45) is 2.05. The highest BCUT2D eigenvalue weighted by Crippen LogP contribution is 2.27. The maximum atomic E-state index is 12.8. The van der Waals surface area contributed by atoms with Crippen molar-refractivity contribution in [3.8, 4) is 0 Å². The Morgan fingerprint density at radius 2 is 1.76 bits per heavy atom. The molecular formula is C21H21NO2S. The van der Waals surface area contributed by atoms with Crippen molar-refractivity contribution in [2.45, 2.75) is 25.6 Å². The monoisotopic (exact) mass is 351 g/mol. The summed E-state index contributed by atoms with van der Waals surface area (Å²) in [6, 6.07) is 20.4. The van der Waals surface area contributed by atoms with Gasteiger partial charge in [-0.3, -0.25) is 4.79 Å². The summed E-state index contributed by atoms with van der Waals surface area (Å²) in [5.74, 6) is 0.155. The molecule has 1 aromatic heterocycles. The molecule has 0 atom stereocenters. The summed E-state index contributed by atoms with van der Waals surface area (Å²) < 4.78 is 7.19. The van der Waals surface area contributed by atoms with Crippen LogP contribution in [0.2, 0.25) is 0 Å². The van der Waals surface area contributed by atoms with Gasteiger partial charge >= 0.3 is 0 Å². The van der Waals surface area contributed by atoms with Gasteiger partial charge in [-0.2, -0.15) is 0 Å². The van der Waals surface area contributed by atoms with E-state index in [1.807, 2.05) is 41.3 Å². The average Bonchev–Trinajstić information content (AvgIpc) is 3.11. The minimum atomic E-state index is 0.155. The van der Waals surface area contributed by atoms with Crippen LogP contribution in [0.25, 0.3) is 10.1 Å². The Balaban J connectivity index is 1.32. The molecule has 1 saturated heterocycles. The highest BCUT2D eigenvalue weighted by molar-refractivity contribution is 7.20. The first-order valence-electron chi connectivity index (χ1n) is 8.73. The lowest BCUT2D eigenvalue weighted by molar-refractivity contribution is -0.000268. The molecule has 0 aliphatic carbocycles. The van der Waals surface area contributed by atoms with E-state index in [-0.39, 0.29) is 12.0 Å². The largest absolute Gasteiger partial charge is 0.373 e.